The highest BCUT2D eigenvalue weighted by Crippen LogP contribution is 2.24. The highest BCUT2D eigenvalue weighted by Gasteiger charge is 2.23. The zero-order chi connectivity index (χ0) is 15.6. The first-order valence-corrected chi connectivity index (χ1v) is 6.96. The maximum atomic E-state index is 12.1. The van der Waals surface area contributed by atoms with Gasteiger partial charge in [0.2, 0.25) is 5.91 Å². The number of hydrogen-bond acceptors (Lipinski definition) is 4. The molecule has 2 aromatic heterocycles. The number of aryl methyl sites for hydroxylation is 2. The second-order valence-electron chi connectivity index (χ2n) is 6.17. The Balaban J connectivity index is 2.08. The van der Waals surface area contributed by atoms with Crippen LogP contribution in [0.1, 0.15) is 43.8 Å². The van der Waals surface area contributed by atoms with Gasteiger partial charge < -0.3 is 9.73 Å². The largest absolute Gasteiger partial charge is 0.444 e. The molecule has 2 aromatic rings. The molecule has 0 saturated carbocycles. The van der Waals surface area contributed by atoms with Crippen molar-refractivity contribution in [1.82, 2.24) is 9.97 Å². The smallest absolute Gasteiger partial charge is 0.233 e. The Hall–Kier alpha value is -2.17. The molecule has 0 aromatic carbocycles. The van der Waals surface area contributed by atoms with Crippen molar-refractivity contribution >= 4 is 11.7 Å². The topological polar surface area (TPSA) is 68.0 Å². The summed E-state index contributed by atoms with van der Waals surface area (Å²) < 4.78 is 5.72. The van der Waals surface area contributed by atoms with Gasteiger partial charge in [-0.05, 0) is 26.0 Å². The number of anilines is 1. The van der Waals surface area contributed by atoms with Gasteiger partial charge in [0.15, 0.2) is 5.89 Å². The van der Waals surface area contributed by atoms with Crippen LogP contribution >= 0.6 is 0 Å². The Morgan fingerprint density at radius 2 is 1.95 bits per heavy atom. The SMILES string of the molecule is Cc1cccc(NC(=O)Cc2oc(C(C)(C)C)nc2C)n1. The molecule has 0 aliphatic carbocycles. The molecule has 1 N–H and O–H groups in total. The van der Waals surface area contributed by atoms with E-state index >= 15 is 0 Å². The lowest BCUT2D eigenvalue weighted by molar-refractivity contribution is -0.115. The van der Waals surface area contributed by atoms with Gasteiger partial charge in [-0.25, -0.2) is 9.97 Å². The van der Waals surface area contributed by atoms with E-state index in [9.17, 15) is 4.79 Å². The zero-order valence-electron chi connectivity index (χ0n) is 13.2. The van der Waals surface area contributed by atoms with Crippen molar-refractivity contribution in [2.75, 3.05) is 5.32 Å². The number of carbonyl (C=O) groups is 1. The highest BCUT2D eigenvalue weighted by atomic mass is 16.4. The number of pyridine rings is 1. The van der Waals surface area contributed by atoms with E-state index in [2.05, 4.69) is 15.3 Å². The van der Waals surface area contributed by atoms with Crippen LogP contribution in [0.4, 0.5) is 5.82 Å². The lowest BCUT2D eigenvalue weighted by atomic mass is 9.97. The lowest BCUT2D eigenvalue weighted by Gasteiger charge is -2.12. The van der Waals surface area contributed by atoms with Crippen LogP contribution in [-0.4, -0.2) is 15.9 Å². The summed E-state index contributed by atoms with van der Waals surface area (Å²) in [6, 6.07) is 5.50. The van der Waals surface area contributed by atoms with Crippen molar-refractivity contribution in [1.29, 1.82) is 0 Å². The number of carbonyl (C=O) groups excluding carboxylic acids is 1. The van der Waals surface area contributed by atoms with Crippen molar-refractivity contribution in [3.63, 3.8) is 0 Å². The van der Waals surface area contributed by atoms with Crippen LogP contribution in [0, 0.1) is 13.8 Å². The Labute approximate surface area is 124 Å². The van der Waals surface area contributed by atoms with Gasteiger partial charge >= 0.3 is 0 Å². The van der Waals surface area contributed by atoms with E-state index in [-0.39, 0.29) is 17.7 Å². The molecule has 0 aliphatic rings. The van der Waals surface area contributed by atoms with Crippen LogP contribution in [0.5, 0.6) is 0 Å². The van der Waals surface area contributed by atoms with E-state index < -0.39 is 0 Å². The average molecular weight is 287 g/mol. The maximum Gasteiger partial charge on any atom is 0.233 e. The summed E-state index contributed by atoms with van der Waals surface area (Å²) in [6.45, 7) is 9.81. The number of aromatic nitrogens is 2. The first kappa shape index (κ1) is 15.2. The van der Waals surface area contributed by atoms with E-state index in [1.54, 1.807) is 6.07 Å². The van der Waals surface area contributed by atoms with E-state index in [0.717, 1.165) is 11.4 Å². The molecular formula is C16H21N3O2. The number of rotatable bonds is 3. The quantitative estimate of drug-likeness (QED) is 0.941. The highest BCUT2D eigenvalue weighted by molar-refractivity contribution is 5.91. The van der Waals surface area contributed by atoms with Crippen LogP contribution in [0.25, 0.3) is 0 Å². The number of oxazole rings is 1. The third-order valence-corrected chi connectivity index (χ3v) is 3.01. The van der Waals surface area contributed by atoms with Crippen LogP contribution in [-0.2, 0) is 16.6 Å². The van der Waals surface area contributed by atoms with Gasteiger partial charge in [-0.2, -0.15) is 0 Å². The minimum atomic E-state index is -0.169. The molecule has 0 radical (unpaired) electrons. The van der Waals surface area contributed by atoms with Gasteiger partial charge in [-0.15, -0.1) is 0 Å². The molecule has 21 heavy (non-hydrogen) atoms. The van der Waals surface area contributed by atoms with Gasteiger partial charge in [-0.3, -0.25) is 4.79 Å². The van der Waals surface area contributed by atoms with Gasteiger partial charge in [0.1, 0.15) is 11.6 Å². The molecule has 2 heterocycles. The molecule has 5 nitrogen and oxygen atoms in total. The molecule has 0 spiro atoms. The fourth-order valence-corrected chi connectivity index (χ4v) is 1.86. The molecule has 0 saturated heterocycles. The van der Waals surface area contributed by atoms with E-state index in [0.29, 0.717) is 17.5 Å². The molecule has 0 bridgehead atoms. The summed E-state index contributed by atoms with van der Waals surface area (Å²) in [5, 5.41) is 2.77. The summed E-state index contributed by atoms with van der Waals surface area (Å²) in [6.07, 6.45) is 0.157. The third kappa shape index (κ3) is 3.90. The van der Waals surface area contributed by atoms with E-state index in [4.69, 9.17) is 4.42 Å². The molecule has 0 unspecified atom stereocenters. The Morgan fingerprint density at radius 3 is 2.52 bits per heavy atom. The van der Waals surface area contributed by atoms with Crippen LogP contribution < -0.4 is 5.32 Å². The Kier molecular flexibility index (Phi) is 4.11. The molecule has 5 heteroatoms. The second kappa shape index (κ2) is 5.68. The maximum absolute atomic E-state index is 12.1. The first-order valence-electron chi connectivity index (χ1n) is 6.96. The minimum Gasteiger partial charge on any atom is -0.444 e. The third-order valence-electron chi connectivity index (χ3n) is 3.01. The van der Waals surface area contributed by atoms with Crippen LogP contribution in [0.15, 0.2) is 22.6 Å². The molecule has 112 valence electrons. The van der Waals surface area contributed by atoms with Gasteiger partial charge in [0.25, 0.3) is 0 Å². The van der Waals surface area contributed by atoms with Gasteiger partial charge in [0.05, 0.1) is 12.1 Å². The number of nitrogens with zero attached hydrogens (tertiary/aromatic N) is 2. The summed E-state index contributed by atoms with van der Waals surface area (Å²) in [7, 11) is 0. The van der Waals surface area contributed by atoms with E-state index in [1.807, 2.05) is 46.8 Å². The number of amides is 1. The number of hydrogen-bond donors (Lipinski definition) is 1. The predicted molar refractivity (Wildman–Crippen MR) is 81.2 cm³/mol. The average Bonchev–Trinajstić information content (AvgIpc) is 2.70. The molecule has 0 fully saturated rings. The molecule has 0 aliphatic heterocycles. The van der Waals surface area contributed by atoms with Crippen LogP contribution in [0.3, 0.4) is 0 Å². The predicted octanol–water partition coefficient (Wildman–Crippen LogP) is 3.17. The first-order chi connectivity index (χ1) is 9.75. The van der Waals surface area contributed by atoms with Gasteiger partial charge in [-0.1, -0.05) is 26.8 Å². The van der Waals surface area contributed by atoms with Crippen LogP contribution in [0.2, 0.25) is 0 Å². The monoisotopic (exact) mass is 287 g/mol. The summed E-state index contributed by atoms with van der Waals surface area (Å²) in [5.74, 6) is 1.64. The summed E-state index contributed by atoms with van der Waals surface area (Å²) >= 11 is 0. The summed E-state index contributed by atoms with van der Waals surface area (Å²) in [4.78, 5) is 20.7. The van der Waals surface area contributed by atoms with Crippen molar-refractivity contribution in [2.45, 2.75) is 46.5 Å². The summed E-state index contributed by atoms with van der Waals surface area (Å²) in [5.41, 5.74) is 1.45. The number of nitrogens with one attached hydrogen (secondary N) is 1. The minimum absolute atomic E-state index is 0.157. The Morgan fingerprint density at radius 1 is 1.24 bits per heavy atom. The van der Waals surface area contributed by atoms with Crippen molar-refractivity contribution < 1.29 is 9.21 Å². The fourth-order valence-electron chi connectivity index (χ4n) is 1.86. The molecule has 2 rings (SSSR count). The second-order valence-corrected chi connectivity index (χ2v) is 6.17. The molecular weight excluding hydrogens is 266 g/mol. The van der Waals surface area contributed by atoms with Gasteiger partial charge in [0, 0.05) is 11.1 Å². The lowest BCUT2D eigenvalue weighted by Crippen LogP contribution is -2.15. The van der Waals surface area contributed by atoms with Crippen molar-refractivity contribution in [3.8, 4) is 0 Å². The van der Waals surface area contributed by atoms with Crippen molar-refractivity contribution in [3.05, 3.63) is 41.2 Å². The molecule has 0 atom stereocenters. The normalized spacial score (nSPS) is 11.5. The standard InChI is InChI=1S/C16H21N3O2/c1-10-7-6-8-13(17-10)19-14(20)9-12-11(2)18-15(21-12)16(3,4)5/h6-8H,9H2,1-5H3,(H,17,19,20). The Bertz CT molecular complexity index is 654. The fraction of sp³-hybridized carbons (Fsp3) is 0.438. The zero-order valence-corrected chi connectivity index (χ0v) is 13.2. The molecule has 1 amide bonds. The van der Waals surface area contributed by atoms with Crippen molar-refractivity contribution in [2.24, 2.45) is 0 Å². The van der Waals surface area contributed by atoms with E-state index in [1.165, 1.54) is 0 Å².